The predicted octanol–water partition coefficient (Wildman–Crippen LogP) is 2.76. The molecule has 0 aliphatic carbocycles. The van der Waals surface area contributed by atoms with Crippen molar-refractivity contribution in [1.82, 2.24) is 19.5 Å². The molecule has 124 valence electrons. The van der Waals surface area contributed by atoms with Crippen molar-refractivity contribution in [1.29, 1.82) is 0 Å². The minimum Gasteiger partial charge on any atom is -0.251 e. The second-order valence-corrected chi connectivity index (χ2v) is 7.79. The number of nitrogens with one attached hydrogen (secondary N) is 1. The number of benzene rings is 2. The van der Waals surface area contributed by atoms with Crippen LogP contribution in [-0.2, 0) is 16.6 Å². The van der Waals surface area contributed by atoms with Crippen LogP contribution in [0.4, 0.5) is 0 Å². The number of halogens is 1. The molecule has 0 spiro atoms. The smallest absolute Gasteiger partial charge is 0.241 e. The van der Waals surface area contributed by atoms with Gasteiger partial charge < -0.3 is 0 Å². The zero-order valence-electron chi connectivity index (χ0n) is 12.6. The Morgan fingerprint density at radius 3 is 2.42 bits per heavy atom. The topological polar surface area (TPSA) is 76.9 Å². The monoisotopic (exact) mass is 406 g/mol. The summed E-state index contributed by atoms with van der Waals surface area (Å²) < 4.78 is 30.5. The Balaban J connectivity index is 1.89. The second-order valence-electron chi connectivity index (χ2n) is 5.16. The summed E-state index contributed by atoms with van der Waals surface area (Å²) >= 11 is 3.31. The highest BCUT2D eigenvalue weighted by Crippen LogP contribution is 2.20. The maximum Gasteiger partial charge on any atom is 0.241 e. The highest BCUT2D eigenvalue weighted by Gasteiger charge is 2.22. The van der Waals surface area contributed by atoms with Crippen molar-refractivity contribution in [2.45, 2.75) is 17.5 Å². The molecule has 0 aliphatic heterocycles. The molecular formula is C16H15BrN4O2S. The minimum atomic E-state index is -3.66. The molecule has 0 radical (unpaired) electrons. The van der Waals surface area contributed by atoms with Crippen molar-refractivity contribution in [2.75, 3.05) is 0 Å². The second kappa shape index (κ2) is 7.25. The molecule has 1 aromatic heterocycles. The van der Waals surface area contributed by atoms with Crippen LogP contribution in [0.2, 0.25) is 0 Å². The van der Waals surface area contributed by atoms with Crippen LogP contribution in [0.1, 0.15) is 11.6 Å². The molecule has 3 aromatic rings. The highest BCUT2D eigenvalue weighted by molar-refractivity contribution is 9.10. The van der Waals surface area contributed by atoms with E-state index in [0.29, 0.717) is 6.54 Å². The molecular weight excluding hydrogens is 392 g/mol. The van der Waals surface area contributed by atoms with E-state index in [1.54, 1.807) is 35.3 Å². The summed E-state index contributed by atoms with van der Waals surface area (Å²) in [5.74, 6) is 0. The van der Waals surface area contributed by atoms with Gasteiger partial charge in [0.15, 0.2) is 0 Å². The number of nitrogens with zero attached hydrogens (tertiary/aromatic N) is 3. The zero-order valence-corrected chi connectivity index (χ0v) is 15.0. The molecule has 1 heterocycles. The first-order chi connectivity index (χ1) is 11.5. The maximum absolute atomic E-state index is 12.7. The minimum absolute atomic E-state index is 0.213. The lowest BCUT2D eigenvalue weighted by molar-refractivity contribution is 0.482. The van der Waals surface area contributed by atoms with Gasteiger partial charge in [-0.1, -0.05) is 46.3 Å². The molecule has 0 fully saturated rings. The molecule has 3 rings (SSSR count). The Morgan fingerprint density at radius 2 is 1.79 bits per heavy atom. The Bertz CT molecular complexity index is 882. The van der Waals surface area contributed by atoms with Crippen LogP contribution in [0.25, 0.3) is 0 Å². The first-order valence-corrected chi connectivity index (χ1v) is 9.47. The van der Waals surface area contributed by atoms with Gasteiger partial charge in [0.1, 0.15) is 12.7 Å². The fraction of sp³-hybridized carbons (Fsp3) is 0.125. The normalized spacial score (nSPS) is 12.9. The van der Waals surface area contributed by atoms with Gasteiger partial charge in [-0.15, -0.1) is 0 Å². The summed E-state index contributed by atoms with van der Waals surface area (Å²) in [6.07, 6.45) is 2.98. The van der Waals surface area contributed by atoms with Crippen LogP contribution in [0.3, 0.4) is 0 Å². The summed E-state index contributed by atoms with van der Waals surface area (Å²) in [6.45, 7) is 0.347. The van der Waals surface area contributed by atoms with Gasteiger partial charge in [-0.05, 0) is 29.8 Å². The molecule has 6 nitrogen and oxygen atoms in total. The van der Waals surface area contributed by atoms with Gasteiger partial charge in [0.05, 0.1) is 17.5 Å². The average molecular weight is 407 g/mol. The number of hydrogen-bond acceptors (Lipinski definition) is 4. The molecule has 0 saturated carbocycles. The lowest BCUT2D eigenvalue weighted by Crippen LogP contribution is -2.31. The summed E-state index contributed by atoms with van der Waals surface area (Å²) in [4.78, 5) is 4.12. The van der Waals surface area contributed by atoms with Gasteiger partial charge in [-0.25, -0.2) is 18.1 Å². The van der Waals surface area contributed by atoms with Gasteiger partial charge in [0.2, 0.25) is 10.0 Å². The van der Waals surface area contributed by atoms with E-state index in [-0.39, 0.29) is 4.90 Å². The fourth-order valence-electron chi connectivity index (χ4n) is 2.28. The van der Waals surface area contributed by atoms with Gasteiger partial charge in [-0.2, -0.15) is 5.10 Å². The quantitative estimate of drug-likeness (QED) is 0.682. The van der Waals surface area contributed by atoms with Crippen molar-refractivity contribution in [3.8, 4) is 0 Å². The standard InChI is InChI=1S/C16H15BrN4O2S/c17-14-6-8-15(9-7-14)24(22,23)20-16(10-21-12-18-11-19-21)13-4-2-1-3-5-13/h1-9,11-12,16,20H,10H2. The number of aromatic nitrogens is 3. The molecule has 8 heteroatoms. The molecule has 0 bridgehead atoms. The number of rotatable bonds is 6. The molecule has 1 unspecified atom stereocenters. The Labute approximate surface area is 148 Å². The van der Waals surface area contributed by atoms with Gasteiger partial charge in [0, 0.05) is 4.47 Å². The Kier molecular flexibility index (Phi) is 5.08. The van der Waals surface area contributed by atoms with E-state index in [0.717, 1.165) is 10.0 Å². The predicted molar refractivity (Wildman–Crippen MR) is 93.7 cm³/mol. The maximum atomic E-state index is 12.7. The van der Waals surface area contributed by atoms with Gasteiger partial charge in [0.25, 0.3) is 0 Å². The van der Waals surface area contributed by atoms with Crippen molar-refractivity contribution in [2.24, 2.45) is 0 Å². The third kappa shape index (κ3) is 4.08. The highest BCUT2D eigenvalue weighted by atomic mass is 79.9. The number of sulfonamides is 1. The van der Waals surface area contributed by atoms with E-state index in [1.165, 1.54) is 6.33 Å². The van der Waals surface area contributed by atoms with Crippen LogP contribution in [0.15, 0.2) is 76.6 Å². The van der Waals surface area contributed by atoms with Crippen LogP contribution in [-0.4, -0.2) is 23.2 Å². The van der Waals surface area contributed by atoms with Crippen LogP contribution < -0.4 is 4.72 Å². The summed E-state index contributed by atoms with van der Waals surface area (Å²) in [7, 11) is -3.66. The molecule has 0 amide bonds. The molecule has 1 N–H and O–H groups in total. The Morgan fingerprint density at radius 1 is 1.08 bits per heavy atom. The van der Waals surface area contributed by atoms with Crippen molar-refractivity contribution in [3.05, 3.63) is 77.3 Å². The summed E-state index contributed by atoms with van der Waals surface area (Å²) in [6, 6.07) is 15.5. The van der Waals surface area contributed by atoms with E-state index in [4.69, 9.17) is 0 Å². The first-order valence-electron chi connectivity index (χ1n) is 7.20. The average Bonchev–Trinajstić information content (AvgIpc) is 3.08. The molecule has 0 aliphatic rings. The fourth-order valence-corrected chi connectivity index (χ4v) is 3.76. The van der Waals surface area contributed by atoms with Crippen LogP contribution in [0.5, 0.6) is 0 Å². The zero-order chi connectivity index (χ0) is 17.0. The third-order valence-corrected chi connectivity index (χ3v) is 5.48. The SMILES string of the molecule is O=S(=O)(NC(Cn1cncn1)c1ccccc1)c1ccc(Br)cc1. The summed E-state index contributed by atoms with van der Waals surface area (Å²) in [5.41, 5.74) is 0.855. The van der Waals surface area contributed by atoms with E-state index >= 15 is 0 Å². The first kappa shape index (κ1) is 16.8. The third-order valence-electron chi connectivity index (χ3n) is 3.46. The van der Waals surface area contributed by atoms with Gasteiger partial charge >= 0.3 is 0 Å². The molecule has 1 atom stereocenters. The largest absolute Gasteiger partial charge is 0.251 e. The van der Waals surface area contributed by atoms with Crippen molar-refractivity contribution < 1.29 is 8.42 Å². The lowest BCUT2D eigenvalue weighted by Gasteiger charge is -2.19. The number of hydrogen-bond donors (Lipinski definition) is 1. The van der Waals surface area contributed by atoms with E-state index < -0.39 is 16.1 Å². The van der Waals surface area contributed by atoms with Crippen molar-refractivity contribution >= 4 is 26.0 Å². The van der Waals surface area contributed by atoms with Gasteiger partial charge in [-0.3, -0.25) is 4.68 Å². The molecule has 2 aromatic carbocycles. The van der Waals surface area contributed by atoms with Crippen LogP contribution in [0, 0.1) is 0 Å². The van der Waals surface area contributed by atoms with E-state index in [2.05, 4.69) is 30.7 Å². The van der Waals surface area contributed by atoms with E-state index in [1.807, 2.05) is 30.3 Å². The molecule has 24 heavy (non-hydrogen) atoms. The van der Waals surface area contributed by atoms with Crippen molar-refractivity contribution in [3.63, 3.8) is 0 Å². The Hall–Kier alpha value is -2.03. The summed E-state index contributed by atoms with van der Waals surface area (Å²) in [5, 5.41) is 4.06. The molecule has 0 saturated heterocycles. The van der Waals surface area contributed by atoms with E-state index in [9.17, 15) is 8.42 Å². The lowest BCUT2D eigenvalue weighted by atomic mass is 10.1. The van der Waals surface area contributed by atoms with Crippen LogP contribution >= 0.6 is 15.9 Å².